The van der Waals surface area contributed by atoms with Gasteiger partial charge in [0.15, 0.2) is 0 Å². The molecule has 1 heterocycles. The molecule has 0 bridgehead atoms. The molecule has 38 heavy (non-hydrogen) atoms. The first-order valence-corrected chi connectivity index (χ1v) is 13.3. The summed E-state index contributed by atoms with van der Waals surface area (Å²) in [6.45, 7) is 6.32. The van der Waals surface area contributed by atoms with E-state index in [2.05, 4.69) is 52.2 Å². The molecule has 0 fully saturated rings. The van der Waals surface area contributed by atoms with Crippen LogP contribution in [0.4, 0.5) is 21.9 Å². The molecule has 4 rings (SSSR count). The number of carbonyl (C=O) groups excluding carboxylic acids is 2. The van der Waals surface area contributed by atoms with Crippen LogP contribution in [-0.4, -0.2) is 37.9 Å². The van der Waals surface area contributed by atoms with Gasteiger partial charge in [-0.1, -0.05) is 80.0 Å². The summed E-state index contributed by atoms with van der Waals surface area (Å²) >= 11 is 14.0. The van der Waals surface area contributed by atoms with E-state index >= 15 is 0 Å². The summed E-state index contributed by atoms with van der Waals surface area (Å²) in [6, 6.07) is 19.2. The molecule has 0 aliphatic rings. The smallest absolute Gasteiger partial charge is 0.323 e. The van der Waals surface area contributed by atoms with E-state index in [0.29, 0.717) is 32.9 Å². The number of hydrogen-bond donors (Lipinski definition) is 3. The predicted octanol–water partition coefficient (Wildman–Crippen LogP) is 6.64. The number of urea groups is 1. The topological polar surface area (TPSA) is 114 Å². The van der Waals surface area contributed by atoms with E-state index < -0.39 is 6.03 Å². The molecule has 1 aromatic heterocycles. The van der Waals surface area contributed by atoms with Gasteiger partial charge in [-0.05, 0) is 63.9 Å². The summed E-state index contributed by atoms with van der Waals surface area (Å²) in [4.78, 5) is 24.8. The minimum atomic E-state index is -0.411. The van der Waals surface area contributed by atoms with Gasteiger partial charge in [0.1, 0.15) is 0 Å². The van der Waals surface area contributed by atoms with Crippen LogP contribution >= 0.6 is 35.0 Å². The van der Waals surface area contributed by atoms with E-state index in [9.17, 15) is 9.59 Å². The highest BCUT2D eigenvalue weighted by Gasteiger charge is 2.18. The Morgan fingerprint density at radius 3 is 2.32 bits per heavy atom. The van der Waals surface area contributed by atoms with Gasteiger partial charge in [-0.2, -0.15) is 4.68 Å². The quantitative estimate of drug-likeness (QED) is 0.215. The van der Waals surface area contributed by atoms with E-state index in [1.165, 1.54) is 4.68 Å². The molecule has 3 N–H and O–H groups in total. The van der Waals surface area contributed by atoms with E-state index in [1.54, 1.807) is 30.3 Å². The first-order valence-electron chi connectivity index (χ1n) is 11.5. The fraction of sp³-hybridized carbons (Fsp3) is 0.192. The fourth-order valence-corrected chi connectivity index (χ4v) is 4.56. The fourth-order valence-electron chi connectivity index (χ4n) is 3.39. The van der Waals surface area contributed by atoms with Crippen molar-refractivity contribution in [3.8, 4) is 5.69 Å². The lowest BCUT2D eigenvalue weighted by atomic mass is 9.87. The van der Waals surface area contributed by atoms with Gasteiger partial charge in [0, 0.05) is 11.4 Å². The highest BCUT2D eigenvalue weighted by atomic mass is 35.5. The lowest BCUT2D eigenvalue weighted by Crippen LogP contribution is -2.19. The van der Waals surface area contributed by atoms with Crippen molar-refractivity contribution >= 4 is 64.0 Å². The van der Waals surface area contributed by atoms with Crippen molar-refractivity contribution in [2.75, 3.05) is 21.7 Å². The molecule has 0 unspecified atom stereocenters. The van der Waals surface area contributed by atoms with Crippen molar-refractivity contribution < 1.29 is 9.59 Å². The molecule has 0 aliphatic carbocycles. The van der Waals surface area contributed by atoms with Crippen LogP contribution in [0.25, 0.3) is 5.69 Å². The summed E-state index contributed by atoms with van der Waals surface area (Å²) in [7, 11) is 0. The van der Waals surface area contributed by atoms with E-state index in [-0.39, 0.29) is 22.1 Å². The first-order chi connectivity index (χ1) is 18.1. The highest BCUT2D eigenvalue weighted by Crippen LogP contribution is 2.31. The Hall–Kier alpha value is -3.60. The van der Waals surface area contributed by atoms with Gasteiger partial charge in [-0.3, -0.25) is 4.79 Å². The Labute approximate surface area is 234 Å². The SMILES string of the molecule is CC(C)(C)c1ccc(-n2nnnc2SCC(=O)Nc2ccc(NC(=O)Nc3ccccc3)cc2Cl)c(Cl)c1. The predicted molar refractivity (Wildman–Crippen MR) is 153 cm³/mol. The van der Waals surface area contributed by atoms with Crippen LogP contribution < -0.4 is 16.0 Å². The Morgan fingerprint density at radius 2 is 1.63 bits per heavy atom. The molecular weight excluding hydrogens is 545 g/mol. The highest BCUT2D eigenvalue weighted by molar-refractivity contribution is 7.99. The Bertz CT molecular complexity index is 1460. The van der Waals surface area contributed by atoms with Gasteiger partial charge in [0.2, 0.25) is 11.1 Å². The van der Waals surface area contributed by atoms with Gasteiger partial charge in [-0.25, -0.2) is 4.79 Å². The second-order valence-corrected chi connectivity index (χ2v) is 11.0. The summed E-state index contributed by atoms with van der Waals surface area (Å²) in [5.74, 6) is -0.267. The van der Waals surface area contributed by atoms with Crippen molar-refractivity contribution in [1.82, 2.24) is 20.2 Å². The van der Waals surface area contributed by atoms with Crippen LogP contribution in [0.15, 0.2) is 71.9 Å². The maximum Gasteiger partial charge on any atom is 0.323 e. The number of nitrogens with one attached hydrogen (secondary N) is 3. The van der Waals surface area contributed by atoms with Gasteiger partial charge < -0.3 is 16.0 Å². The maximum absolute atomic E-state index is 12.6. The van der Waals surface area contributed by atoms with E-state index in [1.807, 2.05) is 36.4 Å². The van der Waals surface area contributed by atoms with Crippen LogP contribution in [0.1, 0.15) is 26.3 Å². The molecule has 0 saturated heterocycles. The van der Waals surface area contributed by atoms with Crippen molar-refractivity contribution in [1.29, 1.82) is 0 Å². The largest absolute Gasteiger partial charge is 0.324 e. The number of tetrazole rings is 1. The van der Waals surface area contributed by atoms with Crippen molar-refractivity contribution in [3.63, 3.8) is 0 Å². The summed E-state index contributed by atoms with van der Waals surface area (Å²) in [5.41, 5.74) is 3.20. The zero-order chi connectivity index (χ0) is 27.3. The molecular formula is C26H25Cl2N7O2S. The maximum atomic E-state index is 12.6. The molecule has 3 amide bonds. The van der Waals surface area contributed by atoms with Gasteiger partial charge in [0.05, 0.1) is 27.2 Å². The van der Waals surface area contributed by atoms with Crippen LogP contribution in [0.5, 0.6) is 0 Å². The number of benzene rings is 3. The number of thioether (sulfide) groups is 1. The molecule has 9 nitrogen and oxygen atoms in total. The number of nitrogens with zero attached hydrogens (tertiary/aromatic N) is 4. The van der Waals surface area contributed by atoms with Gasteiger partial charge in [-0.15, -0.1) is 5.10 Å². The number of halogens is 2. The van der Waals surface area contributed by atoms with Crippen molar-refractivity contribution in [2.45, 2.75) is 31.3 Å². The summed E-state index contributed by atoms with van der Waals surface area (Å²) in [6.07, 6.45) is 0. The first kappa shape index (κ1) is 27.4. The Kier molecular flexibility index (Phi) is 8.55. The monoisotopic (exact) mass is 569 g/mol. The van der Waals surface area contributed by atoms with Gasteiger partial charge >= 0.3 is 6.03 Å². The Morgan fingerprint density at radius 1 is 0.895 bits per heavy atom. The van der Waals surface area contributed by atoms with Crippen LogP contribution in [-0.2, 0) is 10.2 Å². The standard InChI is InChI=1S/C26H25Cl2N7O2S/c1-26(2,3)16-9-12-22(20(28)13-16)35-25(32-33-34-35)38-15-23(36)31-21-11-10-18(14-19(21)27)30-24(37)29-17-7-5-4-6-8-17/h4-14H,15H2,1-3H3,(H,31,36)(H2,29,30,37). The molecule has 4 aromatic rings. The zero-order valence-corrected chi connectivity index (χ0v) is 23.2. The Balaban J connectivity index is 1.35. The zero-order valence-electron chi connectivity index (χ0n) is 20.8. The molecule has 12 heteroatoms. The number of amides is 3. The average molecular weight is 571 g/mol. The van der Waals surface area contributed by atoms with Gasteiger partial charge in [0.25, 0.3) is 0 Å². The third kappa shape index (κ3) is 7.03. The summed E-state index contributed by atoms with van der Waals surface area (Å²) < 4.78 is 1.50. The average Bonchev–Trinajstić information content (AvgIpc) is 3.33. The molecule has 3 aromatic carbocycles. The summed E-state index contributed by atoms with van der Waals surface area (Å²) in [5, 5.41) is 21.2. The van der Waals surface area contributed by atoms with Crippen LogP contribution in [0, 0.1) is 0 Å². The van der Waals surface area contributed by atoms with E-state index in [0.717, 1.165) is 17.3 Å². The van der Waals surface area contributed by atoms with Crippen LogP contribution in [0.3, 0.4) is 0 Å². The number of hydrogen-bond acceptors (Lipinski definition) is 6. The normalized spacial score (nSPS) is 11.2. The number of carbonyl (C=O) groups is 2. The number of rotatable bonds is 7. The molecule has 0 aliphatic heterocycles. The second kappa shape index (κ2) is 11.8. The van der Waals surface area contributed by atoms with Crippen molar-refractivity contribution in [2.24, 2.45) is 0 Å². The van der Waals surface area contributed by atoms with Crippen molar-refractivity contribution in [3.05, 3.63) is 82.3 Å². The lowest BCUT2D eigenvalue weighted by Gasteiger charge is -2.20. The minimum absolute atomic E-state index is 0.0356. The third-order valence-electron chi connectivity index (χ3n) is 5.35. The molecule has 0 radical (unpaired) electrons. The molecule has 0 atom stereocenters. The van der Waals surface area contributed by atoms with E-state index in [4.69, 9.17) is 23.2 Å². The molecule has 196 valence electrons. The van der Waals surface area contributed by atoms with Crippen LogP contribution in [0.2, 0.25) is 10.0 Å². The third-order valence-corrected chi connectivity index (χ3v) is 6.88. The molecule has 0 spiro atoms. The minimum Gasteiger partial charge on any atom is -0.324 e. The molecule has 0 saturated carbocycles. The number of anilines is 3. The number of aromatic nitrogens is 4. The second-order valence-electron chi connectivity index (χ2n) is 9.27. The number of para-hydroxylation sites is 1. The lowest BCUT2D eigenvalue weighted by molar-refractivity contribution is -0.113.